The lowest BCUT2D eigenvalue weighted by atomic mass is 10.3. The molecule has 0 atom stereocenters. The summed E-state index contributed by atoms with van der Waals surface area (Å²) >= 11 is 5.34. The summed E-state index contributed by atoms with van der Waals surface area (Å²) in [6.07, 6.45) is -4.70. The number of alkyl halides is 3. The fourth-order valence-electron chi connectivity index (χ4n) is 1.23. The van der Waals surface area contributed by atoms with Crippen LogP contribution in [0, 0.1) is 0 Å². The van der Waals surface area contributed by atoms with E-state index in [2.05, 4.69) is 0 Å². The number of aliphatic carboxylic acids is 1. The van der Waals surface area contributed by atoms with E-state index in [4.69, 9.17) is 17.3 Å². The first-order valence-corrected chi connectivity index (χ1v) is 5.98. The van der Waals surface area contributed by atoms with Crippen LogP contribution in [0.4, 0.5) is 13.2 Å². The van der Waals surface area contributed by atoms with Gasteiger partial charge in [-0.3, -0.25) is 14.5 Å². The molecule has 1 N–H and O–H groups in total. The second-order valence-corrected chi connectivity index (χ2v) is 5.05. The molecule has 0 saturated carbocycles. The van der Waals surface area contributed by atoms with Crippen molar-refractivity contribution in [2.45, 2.75) is 19.0 Å². The predicted octanol–water partition coefficient (Wildman–Crippen LogP) is 2.16. The topological polar surface area (TPSA) is 57.6 Å². The average molecular weight is 299 g/mol. The van der Waals surface area contributed by atoms with Crippen molar-refractivity contribution in [3.05, 3.63) is 11.0 Å². The minimum absolute atomic E-state index is 0.00611. The van der Waals surface area contributed by atoms with Gasteiger partial charge >= 0.3 is 12.1 Å². The Hall–Kier alpha value is -1.09. The third-order valence-electron chi connectivity index (χ3n) is 1.94. The normalized spacial score (nSPS) is 18.8. The first kappa shape index (κ1) is 15.0. The molecule has 0 aliphatic carbocycles. The highest BCUT2D eigenvalue weighted by Gasteiger charge is 2.36. The van der Waals surface area contributed by atoms with Crippen molar-refractivity contribution in [3.8, 4) is 0 Å². The smallest absolute Gasteiger partial charge is 0.411 e. The number of carboxylic acid groups (broad SMARTS) is 1. The average Bonchev–Trinajstić information content (AvgIpc) is 2.42. The van der Waals surface area contributed by atoms with Crippen LogP contribution >= 0.6 is 24.0 Å². The molecule has 0 bridgehead atoms. The van der Waals surface area contributed by atoms with Gasteiger partial charge in [-0.1, -0.05) is 24.0 Å². The molecule has 1 rings (SSSR count). The Morgan fingerprint density at radius 2 is 2.11 bits per heavy atom. The summed E-state index contributed by atoms with van der Waals surface area (Å²) in [5, 5.41) is 8.42. The van der Waals surface area contributed by atoms with Crippen molar-refractivity contribution in [3.63, 3.8) is 0 Å². The van der Waals surface area contributed by atoms with E-state index in [1.165, 1.54) is 0 Å². The van der Waals surface area contributed by atoms with Crippen molar-refractivity contribution < 1.29 is 27.9 Å². The van der Waals surface area contributed by atoms with E-state index in [-0.39, 0.29) is 29.8 Å². The number of thioether (sulfide) groups is 1. The largest absolute Gasteiger partial charge is 0.481 e. The van der Waals surface area contributed by atoms with Crippen molar-refractivity contribution >= 4 is 40.2 Å². The Balaban J connectivity index is 2.68. The van der Waals surface area contributed by atoms with Gasteiger partial charge in [0.25, 0.3) is 5.91 Å². The van der Waals surface area contributed by atoms with Crippen LogP contribution in [-0.2, 0) is 9.59 Å². The number of rotatable bonds is 4. The van der Waals surface area contributed by atoms with Gasteiger partial charge in [0.1, 0.15) is 4.32 Å². The third kappa shape index (κ3) is 4.30. The van der Waals surface area contributed by atoms with Gasteiger partial charge in [-0.2, -0.15) is 13.2 Å². The zero-order valence-corrected chi connectivity index (χ0v) is 10.5. The number of allylic oxidation sites excluding steroid dienone is 1. The van der Waals surface area contributed by atoms with Crippen LogP contribution in [0.1, 0.15) is 12.8 Å². The first-order chi connectivity index (χ1) is 8.20. The maximum Gasteiger partial charge on any atom is 0.411 e. The van der Waals surface area contributed by atoms with E-state index in [1.807, 2.05) is 0 Å². The minimum atomic E-state index is -4.58. The van der Waals surface area contributed by atoms with Gasteiger partial charge in [0, 0.05) is 19.0 Å². The Morgan fingerprint density at radius 3 is 2.61 bits per heavy atom. The summed E-state index contributed by atoms with van der Waals surface area (Å²) in [7, 11) is 0. The quantitative estimate of drug-likeness (QED) is 0.637. The van der Waals surface area contributed by atoms with Crippen LogP contribution in [0.15, 0.2) is 11.0 Å². The molecule has 18 heavy (non-hydrogen) atoms. The molecule has 9 heteroatoms. The number of nitrogens with zero attached hydrogens (tertiary/aromatic N) is 1. The van der Waals surface area contributed by atoms with E-state index >= 15 is 0 Å². The number of hydrogen-bond acceptors (Lipinski definition) is 4. The molecule has 0 radical (unpaired) electrons. The van der Waals surface area contributed by atoms with E-state index in [9.17, 15) is 22.8 Å². The zero-order chi connectivity index (χ0) is 13.9. The second kappa shape index (κ2) is 5.70. The fraction of sp³-hybridized carbons (Fsp3) is 0.444. The van der Waals surface area contributed by atoms with Crippen LogP contribution in [0.2, 0.25) is 0 Å². The van der Waals surface area contributed by atoms with Crippen molar-refractivity contribution in [2.24, 2.45) is 0 Å². The molecule has 0 unspecified atom stereocenters. The molecule has 1 fully saturated rings. The number of carbonyl (C=O) groups is 2. The summed E-state index contributed by atoms with van der Waals surface area (Å²) in [5.74, 6) is -1.86. The Kier molecular flexibility index (Phi) is 4.74. The Bertz CT molecular complexity index is 420. The standard InChI is InChI=1S/C9H8F3NO3S2/c10-9(11,12)4-5-7(16)13(8(17)18-5)3-1-2-6(14)15/h4H,1-3H2,(H,14,15). The van der Waals surface area contributed by atoms with Gasteiger partial charge in [0.05, 0.1) is 4.91 Å². The molecule has 0 aromatic rings. The molecule has 1 aliphatic heterocycles. The fourth-order valence-corrected chi connectivity index (χ4v) is 2.54. The summed E-state index contributed by atoms with van der Waals surface area (Å²) in [6, 6.07) is 0. The highest BCUT2D eigenvalue weighted by molar-refractivity contribution is 8.26. The summed E-state index contributed by atoms with van der Waals surface area (Å²) in [4.78, 5) is 22.4. The molecule has 0 aromatic carbocycles. The maximum atomic E-state index is 12.1. The van der Waals surface area contributed by atoms with Crippen LogP contribution in [0.5, 0.6) is 0 Å². The van der Waals surface area contributed by atoms with E-state index in [0.717, 1.165) is 4.90 Å². The lowest BCUT2D eigenvalue weighted by Crippen LogP contribution is -2.29. The number of thiocarbonyl (C=S) groups is 1. The summed E-state index contributed by atoms with van der Waals surface area (Å²) < 4.78 is 36.3. The minimum Gasteiger partial charge on any atom is -0.481 e. The Morgan fingerprint density at radius 1 is 1.50 bits per heavy atom. The molecule has 1 amide bonds. The van der Waals surface area contributed by atoms with Gasteiger partial charge in [0.2, 0.25) is 0 Å². The molecule has 100 valence electrons. The Labute approximate surface area is 110 Å². The van der Waals surface area contributed by atoms with Crippen LogP contribution in [0.3, 0.4) is 0 Å². The highest BCUT2D eigenvalue weighted by atomic mass is 32.2. The number of halogens is 3. The predicted molar refractivity (Wildman–Crippen MR) is 62.9 cm³/mol. The SMILES string of the molecule is O=C(O)CCCN1C(=O)C(=CC(F)(F)F)SC1=S. The van der Waals surface area contributed by atoms with E-state index < -0.39 is 23.0 Å². The summed E-state index contributed by atoms with van der Waals surface area (Å²) in [6.45, 7) is 0.00611. The third-order valence-corrected chi connectivity index (χ3v) is 3.32. The molecule has 1 heterocycles. The van der Waals surface area contributed by atoms with Gasteiger partial charge in [-0.05, 0) is 6.42 Å². The van der Waals surface area contributed by atoms with Crippen LogP contribution < -0.4 is 0 Å². The van der Waals surface area contributed by atoms with E-state index in [0.29, 0.717) is 11.8 Å². The molecular formula is C9H8F3NO3S2. The van der Waals surface area contributed by atoms with Gasteiger partial charge in [-0.15, -0.1) is 0 Å². The van der Waals surface area contributed by atoms with Crippen molar-refractivity contribution in [2.75, 3.05) is 6.54 Å². The van der Waals surface area contributed by atoms with E-state index in [1.54, 1.807) is 0 Å². The van der Waals surface area contributed by atoms with Gasteiger partial charge < -0.3 is 5.11 Å². The monoisotopic (exact) mass is 299 g/mol. The number of amides is 1. The molecular weight excluding hydrogens is 291 g/mol. The first-order valence-electron chi connectivity index (χ1n) is 4.76. The number of carbonyl (C=O) groups excluding carboxylic acids is 1. The molecule has 4 nitrogen and oxygen atoms in total. The lowest BCUT2D eigenvalue weighted by molar-refractivity contribution is -0.137. The molecule has 0 aromatic heterocycles. The second-order valence-electron chi connectivity index (χ2n) is 3.37. The molecule has 0 spiro atoms. The van der Waals surface area contributed by atoms with Gasteiger partial charge in [-0.25, -0.2) is 0 Å². The van der Waals surface area contributed by atoms with Crippen molar-refractivity contribution in [1.82, 2.24) is 4.90 Å². The number of carboxylic acids is 1. The van der Waals surface area contributed by atoms with Crippen LogP contribution in [0.25, 0.3) is 0 Å². The van der Waals surface area contributed by atoms with Crippen LogP contribution in [-0.4, -0.2) is 38.9 Å². The summed E-state index contributed by atoms with van der Waals surface area (Å²) in [5.41, 5.74) is 0. The van der Waals surface area contributed by atoms with Gasteiger partial charge in [0.15, 0.2) is 0 Å². The molecule has 1 aliphatic rings. The maximum absolute atomic E-state index is 12.1. The van der Waals surface area contributed by atoms with Crippen molar-refractivity contribution in [1.29, 1.82) is 0 Å². The lowest BCUT2D eigenvalue weighted by Gasteiger charge is -2.13. The molecule has 1 saturated heterocycles. The highest BCUT2D eigenvalue weighted by Crippen LogP contribution is 2.34. The number of hydrogen-bond donors (Lipinski definition) is 1. The zero-order valence-electron chi connectivity index (χ0n) is 8.86.